The van der Waals surface area contributed by atoms with E-state index < -0.39 is 12.0 Å². The summed E-state index contributed by atoms with van der Waals surface area (Å²) in [7, 11) is 1.60. The van der Waals surface area contributed by atoms with Gasteiger partial charge in [-0.3, -0.25) is 0 Å². The Hall–Kier alpha value is -2.38. The third kappa shape index (κ3) is 4.14. The lowest BCUT2D eigenvalue weighted by molar-refractivity contribution is -0.138. The molecule has 0 aromatic heterocycles. The van der Waals surface area contributed by atoms with E-state index in [0.717, 1.165) is 15.6 Å². The van der Waals surface area contributed by atoms with Crippen molar-refractivity contribution >= 4 is 44.9 Å². The van der Waals surface area contributed by atoms with E-state index in [2.05, 4.69) is 26.6 Å². The second-order valence-electron chi connectivity index (χ2n) is 5.79. The number of thiocarbonyl (C=S) groups is 1. The second-order valence-corrected chi connectivity index (χ2v) is 7.06. The van der Waals surface area contributed by atoms with E-state index >= 15 is 0 Å². The Morgan fingerprint density at radius 2 is 1.96 bits per heavy atom. The van der Waals surface area contributed by atoms with Crippen molar-refractivity contribution in [3.63, 3.8) is 0 Å². The molecule has 5 nitrogen and oxygen atoms in total. The van der Waals surface area contributed by atoms with Crippen molar-refractivity contribution < 1.29 is 14.3 Å². The molecule has 27 heavy (non-hydrogen) atoms. The average molecular weight is 447 g/mol. The molecule has 0 radical (unpaired) electrons. The topological polar surface area (TPSA) is 59.6 Å². The van der Waals surface area contributed by atoms with Crippen LogP contribution in [0.1, 0.15) is 24.1 Å². The van der Waals surface area contributed by atoms with Crippen LogP contribution in [0.4, 0.5) is 0 Å². The number of ether oxygens (including phenoxy) is 2. The predicted octanol–water partition coefficient (Wildman–Crippen LogP) is 3.95. The van der Waals surface area contributed by atoms with E-state index in [0.29, 0.717) is 22.1 Å². The monoisotopic (exact) mass is 446 g/mol. The number of carbonyl (C=O) groups is 1. The lowest BCUT2D eigenvalue weighted by atomic mass is 9.92. The number of esters is 1. The maximum atomic E-state index is 12.9. The van der Waals surface area contributed by atoms with Gasteiger partial charge in [0.05, 0.1) is 31.0 Å². The second kappa shape index (κ2) is 8.54. The number of benzene rings is 2. The summed E-state index contributed by atoms with van der Waals surface area (Å²) in [6.45, 7) is 2.06. The van der Waals surface area contributed by atoms with E-state index in [1.54, 1.807) is 14.0 Å². The van der Waals surface area contributed by atoms with E-state index in [1.165, 1.54) is 0 Å². The standard InChI is InChI=1S/C20H19BrN2O3S/c1-3-26-19(24)16-17(12-7-5-4-6-8-12)22-20(27)23-18(16)14-11-13(25-2)9-10-15(14)21/h4-11,18H,3H2,1-2H3,(H2,22,23,27)/t18-/m1/s1. The van der Waals surface area contributed by atoms with Gasteiger partial charge in [-0.1, -0.05) is 46.3 Å². The van der Waals surface area contributed by atoms with Gasteiger partial charge in [-0.2, -0.15) is 0 Å². The van der Waals surface area contributed by atoms with Crippen LogP contribution in [0.5, 0.6) is 5.75 Å². The zero-order chi connectivity index (χ0) is 19.4. The first kappa shape index (κ1) is 19.4. The van der Waals surface area contributed by atoms with Crippen LogP contribution in [0.15, 0.2) is 58.6 Å². The van der Waals surface area contributed by atoms with E-state index in [4.69, 9.17) is 21.7 Å². The van der Waals surface area contributed by atoms with Crippen molar-refractivity contribution in [2.24, 2.45) is 0 Å². The van der Waals surface area contributed by atoms with Crippen LogP contribution in [-0.2, 0) is 9.53 Å². The minimum absolute atomic E-state index is 0.279. The number of hydrogen-bond acceptors (Lipinski definition) is 4. The van der Waals surface area contributed by atoms with Crippen molar-refractivity contribution in [1.29, 1.82) is 0 Å². The van der Waals surface area contributed by atoms with Crippen LogP contribution in [-0.4, -0.2) is 24.8 Å². The number of rotatable bonds is 5. The Morgan fingerprint density at radius 3 is 2.63 bits per heavy atom. The molecule has 1 aliphatic heterocycles. The van der Waals surface area contributed by atoms with Gasteiger partial charge < -0.3 is 20.1 Å². The third-order valence-electron chi connectivity index (χ3n) is 4.14. The molecule has 0 unspecified atom stereocenters. The number of methoxy groups -OCH3 is 1. The number of halogens is 1. The SMILES string of the molecule is CCOC(=O)C1=C(c2ccccc2)NC(=S)N[C@@H]1c1cc(OC)ccc1Br. The molecule has 0 spiro atoms. The minimum Gasteiger partial charge on any atom is -0.497 e. The van der Waals surface area contributed by atoms with Gasteiger partial charge in [0.25, 0.3) is 0 Å². The Morgan fingerprint density at radius 1 is 1.22 bits per heavy atom. The van der Waals surface area contributed by atoms with Gasteiger partial charge in [0.15, 0.2) is 5.11 Å². The highest BCUT2D eigenvalue weighted by Crippen LogP contribution is 2.36. The molecular weight excluding hydrogens is 428 g/mol. The quantitative estimate of drug-likeness (QED) is 0.535. The Balaban J connectivity index is 2.22. The van der Waals surface area contributed by atoms with Crippen molar-refractivity contribution in [3.8, 4) is 5.75 Å². The van der Waals surface area contributed by atoms with Crippen LogP contribution in [0.25, 0.3) is 5.70 Å². The molecule has 0 saturated carbocycles. The molecule has 2 N–H and O–H groups in total. The van der Waals surface area contributed by atoms with Gasteiger partial charge in [-0.05, 0) is 48.5 Å². The highest BCUT2D eigenvalue weighted by atomic mass is 79.9. The normalized spacial score (nSPS) is 16.4. The van der Waals surface area contributed by atoms with Gasteiger partial charge in [0, 0.05) is 4.47 Å². The predicted molar refractivity (Wildman–Crippen MR) is 112 cm³/mol. The summed E-state index contributed by atoms with van der Waals surface area (Å²) in [6, 6.07) is 14.7. The Bertz CT molecular complexity index is 899. The molecule has 1 heterocycles. The zero-order valence-corrected chi connectivity index (χ0v) is 17.3. The largest absolute Gasteiger partial charge is 0.497 e. The molecule has 0 aliphatic carbocycles. The molecule has 0 amide bonds. The molecule has 0 fully saturated rings. The van der Waals surface area contributed by atoms with Crippen molar-refractivity contribution in [2.75, 3.05) is 13.7 Å². The molecule has 2 aromatic rings. The average Bonchev–Trinajstić information content (AvgIpc) is 2.68. The molecular formula is C20H19BrN2O3S. The fraction of sp³-hybridized carbons (Fsp3) is 0.200. The van der Waals surface area contributed by atoms with Crippen molar-refractivity contribution in [3.05, 3.63) is 69.7 Å². The fourth-order valence-corrected chi connectivity index (χ4v) is 3.62. The molecule has 2 aromatic carbocycles. The highest BCUT2D eigenvalue weighted by Gasteiger charge is 2.34. The van der Waals surface area contributed by atoms with Crippen molar-refractivity contribution in [1.82, 2.24) is 10.6 Å². The van der Waals surface area contributed by atoms with Gasteiger partial charge >= 0.3 is 5.97 Å². The van der Waals surface area contributed by atoms with E-state index in [-0.39, 0.29) is 6.61 Å². The zero-order valence-electron chi connectivity index (χ0n) is 14.9. The molecule has 140 valence electrons. The molecule has 3 rings (SSSR count). The first-order valence-corrected chi connectivity index (χ1v) is 9.63. The summed E-state index contributed by atoms with van der Waals surface area (Å²) in [4.78, 5) is 12.9. The van der Waals surface area contributed by atoms with E-state index in [1.807, 2.05) is 48.5 Å². The summed E-state index contributed by atoms with van der Waals surface area (Å²) in [5.74, 6) is 0.280. The lowest BCUT2D eigenvalue weighted by Crippen LogP contribution is -2.45. The van der Waals surface area contributed by atoms with E-state index in [9.17, 15) is 4.79 Å². The highest BCUT2D eigenvalue weighted by molar-refractivity contribution is 9.10. The fourth-order valence-electron chi connectivity index (χ4n) is 2.93. The summed E-state index contributed by atoms with van der Waals surface area (Å²) in [6.07, 6.45) is 0. The molecule has 1 aliphatic rings. The van der Waals surface area contributed by atoms with Crippen LogP contribution in [0.2, 0.25) is 0 Å². The number of hydrogen-bond donors (Lipinski definition) is 2. The van der Waals surface area contributed by atoms with Crippen molar-refractivity contribution in [2.45, 2.75) is 13.0 Å². The third-order valence-corrected chi connectivity index (χ3v) is 5.09. The number of carbonyl (C=O) groups excluding carboxylic acids is 1. The molecule has 7 heteroatoms. The molecule has 0 saturated heterocycles. The first-order valence-electron chi connectivity index (χ1n) is 8.42. The van der Waals surface area contributed by atoms with Gasteiger partial charge in [-0.25, -0.2) is 4.79 Å². The van der Waals surface area contributed by atoms with Gasteiger partial charge in [-0.15, -0.1) is 0 Å². The smallest absolute Gasteiger partial charge is 0.338 e. The minimum atomic E-state index is -0.488. The first-order chi connectivity index (χ1) is 13.0. The van der Waals surface area contributed by atoms with Crippen LogP contribution in [0, 0.1) is 0 Å². The summed E-state index contributed by atoms with van der Waals surface area (Å²) in [5.41, 5.74) is 2.78. The van der Waals surface area contributed by atoms with Crippen LogP contribution < -0.4 is 15.4 Å². The summed E-state index contributed by atoms with van der Waals surface area (Å²) in [5, 5.41) is 6.74. The number of nitrogens with one attached hydrogen (secondary N) is 2. The molecule has 1 atom stereocenters. The maximum Gasteiger partial charge on any atom is 0.338 e. The van der Waals surface area contributed by atoms with Crippen LogP contribution in [0.3, 0.4) is 0 Å². The molecule has 0 bridgehead atoms. The van der Waals surface area contributed by atoms with Gasteiger partial charge in [0.2, 0.25) is 0 Å². The van der Waals surface area contributed by atoms with Crippen LogP contribution >= 0.6 is 28.1 Å². The Kier molecular flexibility index (Phi) is 6.13. The Labute approximate surface area is 171 Å². The van der Waals surface area contributed by atoms with Gasteiger partial charge in [0.1, 0.15) is 5.75 Å². The maximum absolute atomic E-state index is 12.9. The lowest BCUT2D eigenvalue weighted by Gasteiger charge is -2.31. The summed E-state index contributed by atoms with van der Waals surface area (Å²) >= 11 is 8.99. The summed E-state index contributed by atoms with van der Waals surface area (Å²) < 4.78 is 11.5.